The summed E-state index contributed by atoms with van der Waals surface area (Å²) in [6.07, 6.45) is 2.36. The summed E-state index contributed by atoms with van der Waals surface area (Å²) in [5.74, 6) is 0.417. The molecule has 1 amide bonds. The average Bonchev–Trinajstić information content (AvgIpc) is 3.08. The third-order valence-electron chi connectivity index (χ3n) is 4.99. The first-order valence-corrected chi connectivity index (χ1v) is 9.07. The Morgan fingerprint density at radius 2 is 1.81 bits per heavy atom. The van der Waals surface area contributed by atoms with Gasteiger partial charge in [-0.3, -0.25) is 9.59 Å². The molecule has 0 bridgehead atoms. The van der Waals surface area contributed by atoms with Crippen LogP contribution in [0.15, 0.2) is 42.5 Å². The topological polar surface area (TPSA) is 73.9 Å². The molecule has 140 valence electrons. The molecule has 1 aliphatic heterocycles. The van der Waals surface area contributed by atoms with Gasteiger partial charge in [-0.25, -0.2) is 0 Å². The smallest absolute Gasteiger partial charge is 0.317 e. The van der Waals surface area contributed by atoms with Crippen molar-refractivity contribution < 1.29 is 23.8 Å². The number of benzene rings is 2. The van der Waals surface area contributed by atoms with Gasteiger partial charge in [0, 0.05) is 16.8 Å². The normalized spacial score (nSPS) is 16.3. The minimum Gasteiger partial charge on any atom is -0.455 e. The molecule has 0 radical (unpaired) electrons. The van der Waals surface area contributed by atoms with Crippen molar-refractivity contribution in [2.24, 2.45) is 0 Å². The Morgan fingerprint density at radius 3 is 2.52 bits per heavy atom. The van der Waals surface area contributed by atoms with E-state index in [0.717, 1.165) is 12.0 Å². The summed E-state index contributed by atoms with van der Waals surface area (Å²) >= 11 is 5.93. The largest absolute Gasteiger partial charge is 0.455 e. The molecule has 1 saturated carbocycles. The van der Waals surface area contributed by atoms with E-state index in [1.807, 2.05) is 12.1 Å². The maximum atomic E-state index is 12.7. The molecule has 0 saturated heterocycles. The van der Waals surface area contributed by atoms with Gasteiger partial charge in [-0.15, -0.1) is 0 Å². The number of nitrogens with one attached hydrogen (secondary N) is 1. The molecular weight excluding hydrogens is 370 g/mol. The van der Waals surface area contributed by atoms with Gasteiger partial charge in [0.05, 0.1) is 5.41 Å². The highest BCUT2D eigenvalue weighted by Gasteiger charge is 2.47. The van der Waals surface area contributed by atoms with Crippen molar-refractivity contribution >= 4 is 29.2 Å². The van der Waals surface area contributed by atoms with E-state index in [-0.39, 0.29) is 19.4 Å². The van der Waals surface area contributed by atoms with E-state index in [0.29, 0.717) is 35.1 Å². The summed E-state index contributed by atoms with van der Waals surface area (Å²) in [5.41, 5.74) is 0.750. The summed E-state index contributed by atoms with van der Waals surface area (Å²) in [5, 5.41) is 3.31. The van der Waals surface area contributed by atoms with Crippen LogP contribution in [0.3, 0.4) is 0 Å². The van der Waals surface area contributed by atoms with E-state index in [4.69, 9.17) is 25.8 Å². The number of hydrogen-bond donors (Lipinski definition) is 1. The Balaban J connectivity index is 1.37. The van der Waals surface area contributed by atoms with Crippen molar-refractivity contribution in [1.29, 1.82) is 0 Å². The van der Waals surface area contributed by atoms with Crippen molar-refractivity contribution in [3.05, 3.63) is 53.1 Å². The van der Waals surface area contributed by atoms with Crippen molar-refractivity contribution in [1.82, 2.24) is 0 Å². The van der Waals surface area contributed by atoms with Crippen LogP contribution < -0.4 is 14.8 Å². The minimum absolute atomic E-state index is 0.164. The van der Waals surface area contributed by atoms with Gasteiger partial charge in [-0.1, -0.05) is 30.2 Å². The van der Waals surface area contributed by atoms with Crippen molar-refractivity contribution in [3.8, 4) is 11.5 Å². The van der Waals surface area contributed by atoms with Crippen LogP contribution in [0.4, 0.5) is 5.69 Å². The quantitative estimate of drug-likeness (QED) is 0.792. The van der Waals surface area contributed by atoms with Crippen molar-refractivity contribution in [3.63, 3.8) is 0 Å². The van der Waals surface area contributed by atoms with E-state index >= 15 is 0 Å². The average molecular weight is 388 g/mol. The second-order valence-electron chi connectivity index (χ2n) is 6.63. The molecule has 1 aliphatic carbocycles. The van der Waals surface area contributed by atoms with Gasteiger partial charge < -0.3 is 19.5 Å². The summed E-state index contributed by atoms with van der Waals surface area (Å²) < 4.78 is 15.8. The van der Waals surface area contributed by atoms with E-state index in [1.165, 1.54) is 0 Å². The molecule has 2 aromatic carbocycles. The van der Waals surface area contributed by atoms with E-state index in [9.17, 15) is 9.59 Å². The fraction of sp³-hybridized carbons (Fsp3) is 0.300. The number of esters is 1. The predicted octanol–water partition coefficient (Wildman–Crippen LogP) is 3.67. The monoisotopic (exact) mass is 387 g/mol. The molecule has 4 rings (SSSR count). The van der Waals surface area contributed by atoms with Crippen LogP contribution in [-0.4, -0.2) is 25.3 Å². The van der Waals surface area contributed by atoms with Crippen molar-refractivity contribution in [2.75, 3.05) is 18.7 Å². The summed E-state index contributed by atoms with van der Waals surface area (Å²) in [6.45, 7) is -0.181. The first-order valence-electron chi connectivity index (χ1n) is 8.70. The molecular formula is C20H18ClNO5. The van der Waals surface area contributed by atoms with Crippen LogP contribution in [0.25, 0.3) is 0 Å². The van der Waals surface area contributed by atoms with E-state index < -0.39 is 11.3 Å². The number of rotatable bonds is 5. The Kier molecular flexibility index (Phi) is 4.66. The number of ether oxygens (including phenoxy) is 3. The van der Waals surface area contributed by atoms with Gasteiger partial charge in [0.1, 0.15) is 0 Å². The Morgan fingerprint density at radius 1 is 1.07 bits per heavy atom. The lowest BCUT2D eigenvalue weighted by Crippen LogP contribution is -2.44. The maximum Gasteiger partial charge on any atom is 0.317 e. The maximum absolute atomic E-state index is 12.7. The third-order valence-corrected chi connectivity index (χ3v) is 5.24. The fourth-order valence-electron chi connectivity index (χ4n) is 3.35. The molecule has 6 nitrogen and oxygen atoms in total. The predicted molar refractivity (Wildman–Crippen MR) is 99.1 cm³/mol. The highest BCUT2D eigenvalue weighted by Crippen LogP contribution is 2.45. The zero-order valence-corrected chi connectivity index (χ0v) is 15.3. The van der Waals surface area contributed by atoms with Gasteiger partial charge in [-0.05, 0) is 42.7 Å². The number of carbonyl (C=O) groups excluding carboxylic acids is 2. The number of fused-ring (bicyclic) bond motifs is 1. The van der Waals surface area contributed by atoms with E-state index in [1.54, 1.807) is 30.3 Å². The first kappa shape index (κ1) is 17.7. The Bertz CT molecular complexity index is 876. The zero-order valence-electron chi connectivity index (χ0n) is 14.5. The van der Waals surface area contributed by atoms with Gasteiger partial charge in [0.15, 0.2) is 18.1 Å². The Labute approximate surface area is 161 Å². The van der Waals surface area contributed by atoms with Crippen LogP contribution >= 0.6 is 11.6 Å². The fourth-order valence-corrected chi connectivity index (χ4v) is 3.48. The van der Waals surface area contributed by atoms with Crippen molar-refractivity contribution in [2.45, 2.75) is 24.7 Å². The third kappa shape index (κ3) is 3.45. The number of hydrogen-bond acceptors (Lipinski definition) is 5. The SMILES string of the molecule is O=C(COC(=O)C1(c2ccc(Cl)cc2)CCC1)Nc1ccc2c(c1)OCO2. The van der Waals surface area contributed by atoms with Gasteiger partial charge in [-0.2, -0.15) is 0 Å². The summed E-state index contributed by atoms with van der Waals surface area (Å²) in [4.78, 5) is 24.8. The molecule has 1 fully saturated rings. The highest BCUT2D eigenvalue weighted by molar-refractivity contribution is 6.30. The van der Waals surface area contributed by atoms with Crippen LogP contribution in [0.2, 0.25) is 5.02 Å². The lowest BCUT2D eigenvalue weighted by molar-refractivity contribution is -0.156. The number of anilines is 1. The lowest BCUT2D eigenvalue weighted by atomic mass is 9.64. The second-order valence-corrected chi connectivity index (χ2v) is 7.07. The number of halogens is 1. The molecule has 2 aromatic rings. The summed E-state index contributed by atoms with van der Waals surface area (Å²) in [7, 11) is 0. The Hall–Kier alpha value is -2.73. The zero-order chi connectivity index (χ0) is 18.9. The molecule has 0 atom stereocenters. The van der Waals surface area contributed by atoms with Crippen LogP contribution in [0.1, 0.15) is 24.8 Å². The first-order chi connectivity index (χ1) is 13.1. The van der Waals surface area contributed by atoms with Crippen LogP contribution in [-0.2, 0) is 19.7 Å². The van der Waals surface area contributed by atoms with Gasteiger partial charge >= 0.3 is 5.97 Å². The highest BCUT2D eigenvalue weighted by atomic mass is 35.5. The molecule has 1 heterocycles. The van der Waals surface area contributed by atoms with Crippen LogP contribution in [0.5, 0.6) is 11.5 Å². The number of amides is 1. The minimum atomic E-state index is -0.677. The standard InChI is InChI=1S/C20H18ClNO5/c21-14-4-2-13(3-5-14)20(8-1-9-20)19(24)25-11-18(23)22-15-6-7-16-17(10-15)27-12-26-16/h2-7,10H,1,8-9,11-12H2,(H,22,23). The molecule has 0 aromatic heterocycles. The van der Waals surface area contributed by atoms with Gasteiger partial charge in [0.25, 0.3) is 5.91 Å². The second kappa shape index (κ2) is 7.12. The number of carbonyl (C=O) groups is 2. The van der Waals surface area contributed by atoms with Gasteiger partial charge in [0.2, 0.25) is 6.79 Å². The molecule has 2 aliphatic rings. The van der Waals surface area contributed by atoms with Crippen LogP contribution in [0, 0.1) is 0 Å². The molecule has 7 heteroatoms. The van der Waals surface area contributed by atoms with E-state index in [2.05, 4.69) is 5.32 Å². The molecule has 1 N–H and O–H groups in total. The summed E-state index contributed by atoms with van der Waals surface area (Å²) in [6, 6.07) is 12.3. The molecule has 0 unspecified atom stereocenters. The lowest BCUT2D eigenvalue weighted by Gasteiger charge is -2.39. The molecule has 27 heavy (non-hydrogen) atoms. The molecule has 0 spiro atoms.